The van der Waals surface area contributed by atoms with Crippen LogP contribution in [0.15, 0.2) is 76.5 Å². The second-order valence-electron chi connectivity index (χ2n) is 7.18. The van der Waals surface area contributed by atoms with Crippen molar-refractivity contribution in [3.05, 3.63) is 78.3 Å². The van der Waals surface area contributed by atoms with Crippen LogP contribution in [0, 0.1) is 6.92 Å². The lowest BCUT2D eigenvalue weighted by Crippen LogP contribution is -2.17. The maximum Gasteiger partial charge on any atom is 0.573 e. The lowest BCUT2D eigenvalue weighted by Gasteiger charge is -2.11. The molecule has 0 aliphatic carbocycles. The van der Waals surface area contributed by atoms with E-state index in [1.807, 2.05) is 47.9 Å². The highest BCUT2D eigenvalue weighted by atomic mass is 32.2. The van der Waals surface area contributed by atoms with Crippen molar-refractivity contribution < 1.29 is 27.1 Å². The first-order valence-corrected chi connectivity index (χ1v) is 11.1. The molecule has 2 aromatic carbocycles. The van der Waals surface area contributed by atoms with Crippen LogP contribution < -0.4 is 10.1 Å². The predicted octanol–water partition coefficient (Wildman–Crippen LogP) is 5.52. The molecule has 176 valence electrons. The molecule has 4 rings (SSSR count). The zero-order chi connectivity index (χ0) is 24.1. The fraction of sp³-hybridized carbons (Fsp3) is 0.174. The van der Waals surface area contributed by atoms with Crippen LogP contribution in [0.1, 0.15) is 11.3 Å². The van der Waals surface area contributed by atoms with Crippen molar-refractivity contribution in [1.29, 1.82) is 0 Å². The number of ether oxygens (including phenoxy) is 1. The van der Waals surface area contributed by atoms with E-state index in [4.69, 9.17) is 4.42 Å². The van der Waals surface area contributed by atoms with Crippen LogP contribution >= 0.6 is 11.8 Å². The summed E-state index contributed by atoms with van der Waals surface area (Å²) in [6.07, 6.45) is -3.19. The average molecular weight is 488 g/mol. The highest BCUT2D eigenvalue weighted by Crippen LogP contribution is 2.28. The SMILES string of the molecule is Cc1occc1-c1nnc(SCC(=O)Nc2ccc(OC(F)(F)F)cc2)n1Cc1ccccc1. The van der Waals surface area contributed by atoms with Crippen LogP contribution in [0.5, 0.6) is 5.75 Å². The number of rotatable bonds is 8. The van der Waals surface area contributed by atoms with Gasteiger partial charge >= 0.3 is 6.36 Å². The second kappa shape index (κ2) is 10.0. The fourth-order valence-electron chi connectivity index (χ4n) is 3.19. The molecule has 1 N–H and O–H groups in total. The Labute approximate surface area is 196 Å². The van der Waals surface area contributed by atoms with E-state index in [1.165, 1.54) is 23.9 Å². The number of alkyl halides is 3. The molecule has 0 aliphatic rings. The molecule has 0 unspecified atom stereocenters. The topological polar surface area (TPSA) is 82.2 Å². The lowest BCUT2D eigenvalue weighted by atomic mass is 10.2. The molecule has 7 nitrogen and oxygen atoms in total. The molecule has 11 heteroatoms. The van der Waals surface area contributed by atoms with E-state index in [0.717, 1.165) is 23.3 Å². The molecule has 1 amide bonds. The number of nitrogens with zero attached hydrogens (tertiary/aromatic N) is 3. The lowest BCUT2D eigenvalue weighted by molar-refractivity contribution is -0.274. The van der Waals surface area contributed by atoms with Gasteiger partial charge in [0.25, 0.3) is 0 Å². The van der Waals surface area contributed by atoms with Crippen molar-refractivity contribution in [1.82, 2.24) is 14.8 Å². The second-order valence-corrected chi connectivity index (χ2v) is 8.12. The Morgan fingerprint density at radius 3 is 2.47 bits per heavy atom. The number of benzene rings is 2. The number of furan rings is 1. The van der Waals surface area contributed by atoms with Crippen LogP contribution in [0.25, 0.3) is 11.4 Å². The first-order chi connectivity index (χ1) is 16.3. The normalized spacial score (nSPS) is 11.4. The molecule has 0 atom stereocenters. The van der Waals surface area contributed by atoms with Crippen LogP contribution in [0.2, 0.25) is 0 Å². The number of thioether (sulfide) groups is 1. The molecular formula is C23H19F3N4O3S. The molecule has 0 saturated carbocycles. The zero-order valence-electron chi connectivity index (χ0n) is 17.9. The molecular weight excluding hydrogens is 469 g/mol. The Morgan fingerprint density at radius 1 is 1.09 bits per heavy atom. The standard InChI is InChI=1S/C23H19F3N4O3S/c1-15-19(11-12-32-15)21-28-29-22(30(21)13-16-5-3-2-4-6-16)34-14-20(31)27-17-7-9-18(10-8-17)33-23(24,25)26/h2-12H,13-14H2,1H3,(H,27,31). The maximum absolute atomic E-state index is 12.4. The number of hydrogen-bond acceptors (Lipinski definition) is 6. The van der Waals surface area contributed by atoms with Gasteiger partial charge in [-0.1, -0.05) is 42.1 Å². The summed E-state index contributed by atoms with van der Waals surface area (Å²) < 4.78 is 48.0. The summed E-state index contributed by atoms with van der Waals surface area (Å²) in [5.74, 6) is 0.644. The van der Waals surface area contributed by atoms with Crippen molar-refractivity contribution >= 4 is 23.4 Å². The van der Waals surface area contributed by atoms with Gasteiger partial charge in [-0.25, -0.2) is 0 Å². The molecule has 2 heterocycles. The number of aryl methyl sites for hydroxylation is 1. The van der Waals surface area contributed by atoms with Crippen LogP contribution in [0.3, 0.4) is 0 Å². The van der Waals surface area contributed by atoms with Gasteiger partial charge in [0.1, 0.15) is 11.5 Å². The monoisotopic (exact) mass is 488 g/mol. The van der Waals surface area contributed by atoms with Crippen molar-refractivity contribution in [3.8, 4) is 17.1 Å². The summed E-state index contributed by atoms with van der Waals surface area (Å²) in [6.45, 7) is 2.33. The van der Waals surface area contributed by atoms with E-state index in [2.05, 4.69) is 20.3 Å². The van der Waals surface area contributed by atoms with Crippen molar-refractivity contribution in [2.75, 3.05) is 11.1 Å². The summed E-state index contributed by atoms with van der Waals surface area (Å²) >= 11 is 1.20. The molecule has 0 radical (unpaired) electrons. The van der Waals surface area contributed by atoms with Gasteiger partial charge in [0.2, 0.25) is 5.91 Å². The maximum atomic E-state index is 12.4. The summed E-state index contributed by atoms with van der Waals surface area (Å²) in [6, 6.07) is 16.5. The third-order valence-corrected chi connectivity index (χ3v) is 5.67. The van der Waals surface area contributed by atoms with E-state index >= 15 is 0 Å². The summed E-state index contributed by atoms with van der Waals surface area (Å²) in [4.78, 5) is 12.4. The number of amides is 1. The van der Waals surface area contributed by atoms with Gasteiger partial charge in [0.05, 0.1) is 24.1 Å². The zero-order valence-corrected chi connectivity index (χ0v) is 18.7. The Kier molecular flexibility index (Phi) is 6.92. The first kappa shape index (κ1) is 23.4. The highest BCUT2D eigenvalue weighted by Gasteiger charge is 2.31. The number of halogens is 3. The minimum atomic E-state index is -4.77. The Morgan fingerprint density at radius 2 is 1.82 bits per heavy atom. The van der Waals surface area contributed by atoms with E-state index in [1.54, 1.807) is 6.26 Å². The van der Waals surface area contributed by atoms with E-state index < -0.39 is 6.36 Å². The van der Waals surface area contributed by atoms with Crippen molar-refractivity contribution in [2.24, 2.45) is 0 Å². The Balaban J connectivity index is 1.45. The van der Waals surface area contributed by atoms with E-state index in [0.29, 0.717) is 29.0 Å². The summed E-state index contributed by atoms with van der Waals surface area (Å²) in [5.41, 5.74) is 2.19. The minimum Gasteiger partial charge on any atom is -0.469 e. The molecule has 0 bridgehead atoms. The molecule has 0 aliphatic heterocycles. The average Bonchev–Trinajstić information content (AvgIpc) is 3.39. The summed E-state index contributed by atoms with van der Waals surface area (Å²) in [5, 5.41) is 11.8. The number of carbonyl (C=O) groups is 1. The number of hydrogen-bond donors (Lipinski definition) is 1. The minimum absolute atomic E-state index is 0.0259. The fourth-order valence-corrected chi connectivity index (χ4v) is 3.93. The quantitative estimate of drug-likeness (QED) is 0.329. The van der Waals surface area contributed by atoms with Crippen LogP contribution in [-0.2, 0) is 11.3 Å². The third kappa shape index (κ3) is 5.98. The van der Waals surface area contributed by atoms with Crippen molar-refractivity contribution in [3.63, 3.8) is 0 Å². The number of anilines is 1. The van der Waals surface area contributed by atoms with Gasteiger partial charge in [0.15, 0.2) is 11.0 Å². The van der Waals surface area contributed by atoms with E-state index in [9.17, 15) is 18.0 Å². The summed E-state index contributed by atoms with van der Waals surface area (Å²) in [7, 11) is 0. The van der Waals surface area contributed by atoms with Gasteiger partial charge in [0, 0.05) is 5.69 Å². The smallest absolute Gasteiger partial charge is 0.469 e. The highest BCUT2D eigenvalue weighted by molar-refractivity contribution is 7.99. The molecule has 0 saturated heterocycles. The van der Waals surface area contributed by atoms with Crippen molar-refractivity contribution in [2.45, 2.75) is 25.0 Å². The van der Waals surface area contributed by atoms with E-state index in [-0.39, 0.29) is 17.4 Å². The van der Waals surface area contributed by atoms with Gasteiger partial charge in [-0.2, -0.15) is 0 Å². The predicted molar refractivity (Wildman–Crippen MR) is 120 cm³/mol. The van der Waals surface area contributed by atoms with Gasteiger partial charge in [-0.05, 0) is 42.8 Å². The third-order valence-electron chi connectivity index (χ3n) is 4.70. The van der Waals surface area contributed by atoms with Gasteiger partial charge < -0.3 is 14.5 Å². The first-order valence-electron chi connectivity index (χ1n) is 10.1. The number of nitrogens with one attached hydrogen (secondary N) is 1. The Bertz CT molecular complexity index is 1250. The number of aromatic nitrogens is 3. The van der Waals surface area contributed by atoms with Crippen LogP contribution in [-0.4, -0.2) is 32.8 Å². The van der Waals surface area contributed by atoms with Gasteiger partial charge in [-0.15, -0.1) is 23.4 Å². The van der Waals surface area contributed by atoms with Crippen LogP contribution in [0.4, 0.5) is 18.9 Å². The molecule has 4 aromatic rings. The Hall–Kier alpha value is -3.73. The largest absolute Gasteiger partial charge is 0.573 e. The van der Waals surface area contributed by atoms with Gasteiger partial charge in [-0.3, -0.25) is 9.36 Å². The molecule has 0 spiro atoms. The number of carbonyl (C=O) groups excluding carboxylic acids is 1. The molecule has 34 heavy (non-hydrogen) atoms. The molecule has 2 aromatic heterocycles. The molecule has 0 fully saturated rings.